The molecule has 1 saturated heterocycles. The summed E-state index contributed by atoms with van der Waals surface area (Å²) in [7, 11) is 4.82. The van der Waals surface area contributed by atoms with Crippen molar-refractivity contribution in [1.82, 2.24) is 25.3 Å². The van der Waals surface area contributed by atoms with E-state index >= 15 is 0 Å². The third-order valence-corrected chi connectivity index (χ3v) is 12.7. The maximum Gasteiger partial charge on any atom is 0.410 e. The van der Waals surface area contributed by atoms with Gasteiger partial charge >= 0.3 is 6.09 Å². The van der Waals surface area contributed by atoms with Gasteiger partial charge in [0.2, 0.25) is 23.6 Å². The summed E-state index contributed by atoms with van der Waals surface area (Å²) in [6, 6.07) is 6.63. The van der Waals surface area contributed by atoms with E-state index in [0.29, 0.717) is 12.1 Å². The first-order valence-corrected chi connectivity index (χ1v) is 21.9. The molecule has 0 bridgehead atoms. The molecule has 60 heavy (non-hydrogen) atoms. The summed E-state index contributed by atoms with van der Waals surface area (Å²) in [6.07, 6.45) is 7.86. The highest BCUT2D eigenvalue weighted by molar-refractivity contribution is 5.91. The quantitative estimate of drug-likeness (QED) is 0.139. The number of rotatable bonds is 20. The van der Waals surface area contributed by atoms with Crippen LogP contribution in [0.5, 0.6) is 0 Å². The third-order valence-electron chi connectivity index (χ3n) is 12.7. The highest BCUT2D eigenvalue weighted by atomic mass is 16.6. The molecule has 0 aromatic heterocycles. The summed E-state index contributed by atoms with van der Waals surface area (Å²) in [4.78, 5) is 73.9. The molecule has 5 amide bonds. The Morgan fingerprint density at radius 2 is 1.60 bits per heavy atom. The molecule has 1 heterocycles. The molecule has 1 aliphatic carbocycles. The Morgan fingerprint density at radius 3 is 2.10 bits per heavy atom. The highest BCUT2D eigenvalue weighted by Gasteiger charge is 2.60. The number of ether oxygens (including phenoxy) is 2. The van der Waals surface area contributed by atoms with Crippen molar-refractivity contribution in [1.29, 1.82) is 0 Å². The van der Waals surface area contributed by atoms with Crippen molar-refractivity contribution in [2.45, 2.75) is 150 Å². The second-order valence-electron chi connectivity index (χ2n) is 19.0. The van der Waals surface area contributed by atoms with Crippen LogP contribution < -0.4 is 10.6 Å². The average Bonchev–Trinajstić information content (AvgIpc) is 3.81. The van der Waals surface area contributed by atoms with Crippen LogP contribution in [-0.2, 0) is 28.7 Å². The topological polar surface area (TPSA) is 158 Å². The first-order valence-electron chi connectivity index (χ1n) is 21.9. The lowest BCUT2D eigenvalue weighted by molar-refractivity contribution is -0.141. The molecule has 1 aromatic rings. The number of aliphatic hydroxyl groups excluding tert-OH is 1. The Bertz CT molecular complexity index is 1650. The normalized spacial score (nSPS) is 20.1. The highest BCUT2D eigenvalue weighted by Crippen LogP contribution is 2.58. The van der Waals surface area contributed by atoms with Crippen LogP contribution in [-0.4, -0.2) is 120 Å². The van der Waals surface area contributed by atoms with Gasteiger partial charge in [-0.25, -0.2) is 4.79 Å². The largest absolute Gasteiger partial charge is 0.444 e. The molecular weight excluding hydrogens is 763 g/mol. The number of carbonyl (C=O) groups is 5. The van der Waals surface area contributed by atoms with Crippen LogP contribution in [0.4, 0.5) is 4.79 Å². The lowest BCUT2D eigenvalue weighted by atomic mass is 9.80. The number of amides is 5. The van der Waals surface area contributed by atoms with Gasteiger partial charge in [0.05, 0.1) is 24.7 Å². The fraction of sp³-hybridized carbons (Fsp3) is 0.723. The molecule has 1 saturated carbocycles. The minimum atomic E-state index is -0.905. The van der Waals surface area contributed by atoms with E-state index < -0.39 is 59.3 Å². The first kappa shape index (κ1) is 50.2. The molecule has 336 valence electrons. The van der Waals surface area contributed by atoms with Crippen LogP contribution in [0.2, 0.25) is 0 Å². The van der Waals surface area contributed by atoms with E-state index in [9.17, 15) is 29.1 Å². The van der Waals surface area contributed by atoms with Gasteiger partial charge in [-0.05, 0) is 76.7 Å². The van der Waals surface area contributed by atoms with Crippen LogP contribution >= 0.6 is 0 Å². The van der Waals surface area contributed by atoms with Crippen molar-refractivity contribution in [2.75, 3.05) is 34.3 Å². The van der Waals surface area contributed by atoms with Gasteiger partial charge in [-0.3, -0.25) is 24.1 Å². The molecule has 0 spiro atoms. The van der Waals surface area contributed by atoms with Crippen LogP contribution in [0.25, 0.3) is 0 Å². The smallest absolute Gasteiger partial charge is 0.410 e. The van der Waals surface area contributed by atoms with Gasteiger partial charge in [0.15, 0.2) is 0 Å². The third kappa shape index (κ3) is 12.5. The standard InChI is InChI=1S/C47H75N5O8/c1-15-31(7)34(28-50(12)44(57)39(29(3)4)49-43(56)40(30(5)6)51(13)45(58)60-46(9,10)11)36(59-14)27-38(53)52-26-20-23-37(52)47(24-25-47)35(16-2)42(55)48-32(8)41(54)33-21-18-17-19-22-33/h2,17-19,21-22,29-32,34-37,39-41,54H,15,20,23-28H2,1,3-14H3,(H,48,55)(H,49,56)/t31?,32-,34+,35+,36-,37+,39+,40+,41-/m1/s1. The number of nitrogens with one attached hydrogen (secondary N) is 2. The Hall–Kier alpha value is -4.15. The van der Waals surface area contributed by atoms with Gasteiger partial charge in [-0.15, -0.1) is 6.42 Å². The SMILES string of the molecule is C#C[C@@H](C(=O)N[C@H](C)[C@@H](O)c1ccccc1)C1([C@@H]2CCCN2C(=O)C[C@@H](OC)[C@@H](CN(C)C(=O)[C@@H](NC(=O)[C@H](C(C)C)N(C)C(=O)OC(C)(C)C)C(C)C)C(C)CC)CC1. The van der Waals surface area contributed by atoms with Crippen molar-refractivity contribution >= 4 is 29.7 Å². The molecule has 13 heteroatoms. The summed E-state index contributed by atoms with van der Waals surface area (Å²) >= 11 is 0. The molecule has 13 nitrogen and oxygen atoms in total. The number of hydrogen-bond acceptors (Lipinski definition) is 8. The molecule has 0 radical (unpaired) electrons. The first-order chi connectivity index (χ1) is 28.0. The fourth-order valence-corrected chi connectivity index (χ4v) is 8.88. The number of benzene rings is 1. The predicted molar refractivity (Wildman–Crippen MR) is 233 cm³/mol. The summed E-state index contributed by atoms with van der Waals surface area (Å²) < 4.78 is 11.6. The zero-order chi connectivity index (χ0) is 45.3. The molecule has 2 aliphatic rings. The van der Waals surface area contributed by atoms with Crippen LogP contribution in [0.1, 0.15) is 119 Å². The molecular formula is C47H75N5O8. The van der Waals surface area contributed by atoms with Crippen molar-refractivity contribution < 1.29 is 38.6 Å². The maximum absolute atomic E-state index is 14.4. The van der Waals surface area contributed by atoms with Crippen molar-refractivity contribution in [3.63, 3.8) is 0 Å². The van der Waals surface area contributed by atoms with Crippen LogP contribution in [0, 0.1) is 47.3 Å². The number of methoxy groups -OCH3 is 1. The van der Waals surface area contributed by atoms with Crippen molar-refractivity contribution in [3.8, 4) is 12.3 Å². The zero-order valence-corrected chi connectivity index (χ0v) is 38.6. The molecule has 2 fully saturated rings. The predicted octanol–water partition coefficient (Wildman–Crippen LogP) is 5.80. The van der Waals surface area contributed by atoms with Gasteiger partial charge in [0, 0.05) is 51.7 Å². The average molecular weight is 838 g/mol. The Labute approximate surface area is 360 Å². The minimum absolute atomic E-state index is 0.0739. The van der Waals surface area contributed by atoms with Gasteiger partial charge in [-0.1, -0.05) is 84.2 Å². The molecule has 1 aromatic carbocycles. The van der Waals surface area contributed by atoms with E-state index in [-0.39, 0.29) is 60.4 Å². The molecule has 3 N–H and O–H groups in total. The minimum Gasteiger partial charge on any atom is -0.444 e. The lowest BCUT2D eigenvalue weighted by Gasteiger charge is -2.38. The lowest BCUT2D eigenvalue weighted by Crippen LogP contribution is -2.58. The Morgan fingerprint density at radius 1 is 0.983 bits per heavy atom. The van der Waals surface area contributed by atoms with E-state index in [2.05, 4.69) is 30.4 Å². The Kier molecular flexibility index (Phi) is 18.1. The number of carbonyl (C=O) groups excluding carboxylic acids is 5. The second kappa shape index (κ2) is 21.6. The van der Waals surface area contributed by atoms with E-state index in [1.54, 1.807) is 46.8 Å². The summed E-state index contributed by atoms with van der Waals surface area (Å²) in [6.45, 7) is 19.4. The van der Waals surface area contributed by atoms with Crippen LogP contribution in [0.3, 0.4) is 0 Å². The number of likely N-dealkylation sites (tertiary alicyclic amines) is 1. The van der Waals surface area contributed by atoms with E-state index in [1.165, 1.54) is 11.9 Å². The number of terminal acetylenes is 1. The monoisotopic (exact) mass is 838 g/mol. The summed E-state index contributed by atoms with van der Waals surface area (Å²) in [5, 5.41) is 16.8. The number of nitrogens with zero attached hydrogens (tertiary/aromatic N) is 3. The number of likely N-dealkylation sites (N-methyl/N-ethyl adjacent to an activating group) is 2. The van der Waals surface area contributed by atoms with Gasteiger partial charge in [0.25, 0.3) is 0 Å². The van der Waals surface area contributed by atoms with Crippen molar-refractivity contribution in [2.24, 2.45) is 35.0 Å². The van der Waals surface area contributed by atoms with E-state index in [0.717, 1.165) is 32.1 Å². The summed E-state index contributed by atoms with van der Waals surface area (Å²) in [5.41, 5.74) is -0.604. The molecule has 9 atom stereocenters. The molecule has 1 unspecified atom stereocenters. The number of hydrogen-bond donors (Lipinski definition) is 3. The van der Waals surface area contributed by atoms with Crippen molar-refractivity contribution in [3.05, 3.63) is 35.9 Å². The Balaban J connectivity index is 1.76. The van der Waals surface area contributed by atoms with E-state index in [4.69, 9.17) is 15.9 Å². The van der Waals surface area contributed by atoms with Crippen LogP contribution in [0.15, 0.2) is 30.3 Å². The second-order valence-corrected chi connectivity index (χ2v) is 19.0. The summed E-state index contributed by atoms with van der Waals surface area (Å²) in [5.74, 6) is 0.190. The zero-order valence-electron chi connectivity index (χ0n) is 38.6. The fourth-order valence-electron chi connectivity index (χ4n) is 8.88. The number of aliphatic hydroxyl groups is 1. The molecule has 3 rings (SSSR count). The van der Waals surface area contributed by atoms with Gasteiger partial charge < -0.3 is 35.0 Å². The molecule has 1 aliphatic heterocycles. The maximum atomic E-state index is 14.4. The van der Waals surface area contributed by atoms with E-state index in [1.807, 2.05) is 62.9 Å². The van der Waals surface area contributed by atoms with Gasteiger partial charge in [-0.2, -0.15) is 0 Å². The van der Waals surface area contributed by atoms with Gasteiger partial charge in [0.1, 0.15) is 23.6 Å².